The minimum absolute atomic E-state index is 0.0993. The number of benzene rings is 1. The number of H-pyrrole nitrogens is 1. The molecule has 2 N–H and O–H groups in total. The Balaban J connectivity index is 2.42. The highest BCUT2D eigenvalue weighted by atomic mass is 32.1. The van der Waals surface area contributed by atoms with Gasteiger partial charge in [-0.1, -0.05) is 37.0 Å². The Morgan fingerprint density at radius 3 is 2.65 bits per heavy atom. The Bertz CT molecular complexity index is 689. The Kier molecular flexibility index (Phi) is 4.32. The maximum Gasteiger partial charge on any atom is 0.339 e. The van der Waals surface area contributed by atoms with E-state index in [1.165, 1.54) is 0 Å². The molecule has 1 aromatic heterocycles. The molecule has 5 heteroatoms. The summed E-state index contributed by atoms with van der Waals surface area (Å²) in [6.07, 6.45) is 3.29. The van der Waals surface area contributed by atoms with Crippen LogP contribution in [-0.4, -0.2) is 22.7 Å². The zero-order valence-electron chi connectivity index (χ0n) is 10.6. The lowest BCUT2D eigenvalue weighted by Crippen LogP contribution is -2.02. The number of aromatic amines is 1. The third-order valence-electron chi connectivity index (χ3n) is 2.71. The average molecular weight is 287 g/mol. The van der Waals surface area contributed by atoms with Gasteiger partial charge in [-0.2, -0.15) is 0 Å². The van der Waals surface area contributed by atoms with Gasteiger partial charge in [0.15, 0.2) is 0 Å². The van der Waals surface area contributed by atoms with Crippen LogP contribution in [0.15, 0.2) is 49.2 Å². The number of hydrogen-bond donors (Lipinski definition) is 2. The SMILES string of the molecule is C=CCOc1ccc(-c2cc[nH]c(=S)c2C(=O)O)cc1. The molecule has 0 spiro atoms. The number of nitrogens with one attached hydrogen (secondary N) is 1. The summed E-state index contributed by atoms with van der Waals surface area (Å²) in [5.74, 6) is -0.347. The number of rotatable bonds is 5. The molecule has 1 aromatic carbocycles. The van der Waals surface area contributed by atoms with Gasteiger partial charge in [0.05, 0.1) is 0 Å². The van der Waals surface area contributed by atoms with Crippen LogP contribution in [-0.2, 0) is 0 Å². The van der Waals surface area contributed by atoms with E-state index in [1.807, 2.05) is 0 Å². The second kappa shape index (κ2) is 6.16. The van der Waals surface area contributed by atoms with Gasteiger partial charge in [-0.25, -0.2) is 4.79 Å². The summed E-state index contributed by atoms with van der Waals surface area (Å²) in [6.45, 7) is 4.00. The summed E-state index contributed by atoms with van der Waals surface area (Å²) in [4.78, 5) is 14.0. The monoisotopic (exact) mass is 287 g/mol. The first-order valence-corrected chi connectivity index (χ1v) is 6.33. The second-order valence-electron chi connectivity index (χ2n) is 4.02. The number of aromatic carboxylic acids is 1. The highest BCUT2D eigenvalue weighted by Gasteiger charge is 2.13. The van der Waals surface area contributed by atoms with E-state index in [0.717, 1.165) is 5.56 Å². The number of carbonyl (C=O) groups is 1. The molecule has 0 fully saturated rings. The van der Waals surface area contributed by atoms with Crippen LogP contribution in [0.25, 0.3) is 11.1 Å². The van der Waals surface area contributed by atoms with E-state index < -0.39 is 5.97 Å². The third-order valence-corrected chi connectivity index (χ3v) is 3.03. The van der Waals surface area contributed by atoms with Gasteiger partial charge >= 0.3 is 5.97 Å². The van der Waals surface area contributed by atoms with Crippen molar-refractivity contribution in [3.8, 4) is 16.9 Å². The van der Waals surface area contributed by atoms with Gasteiger partial charge in [-0.15, -0.1) is 0 Å². The molecule has 0 unspecified atom stereocenters. The topological polar surface area (TPSA) is 62.3 Å². The highest BCUT2D eigenvalue weighted by Crippen LogP contribution is 2.26. The maximum atomic E-state index is 11.3. The molecule has 0 atom stereocenters. The molecule has 20 heavy (non-hydrogen) atoms. The summed E-state index contributed by atoms with van der Waals surface area (Å²) in [7, 11) is 0. The molecule has 0 aliphatic heterocycles. The smallest absolute Gasteiger partial charge is 0.339 e. The van der Waals surface area contributed by atoms with E-state index in [9.17, 15) is 9.90 Å². The molecular formula is C15H13NO3S. The van der Waals surface area contributed by atoms with Crippen LogP contribution in [0.4, 0.5) is 0 Å². The van der Waals surface area contributed by atoms with E-state index in [4.69, 9.17) is 17.0 Å². The Labute approximate surface area is 121 Å². The number of hydrogen-bond acceptors (Lipinski definition) is 3. The summed E-state index contributed by atoms with van der Waals surface area (Å²) < 4.78 is 5.60. The van der Waals surface area contributed by atoms with E-state index in [0.29, 0.717) is 17.9 Å². The summed E-state index contributed by atoms with van der Waals surface area (Å²) in [5, 5.41) is 9.26. The maximum absolute atomic E-state index is 11.3. The Hall–Kier alpha value is -2.40. The lowest BCUT2D eigenvalue weighted by molar-refractivity contribution is 0.0696. The first kappa shape index (κ1) is 14.0. The van der Waals surface area contributed by atoms with E-state index in [2.05, 4.69) is 11.6 Å². The van der Waals surface area contributed by atoms with Gasteiger partial charge in [0, 0.05) is 11.8 Å². The van der Waals surface area contributed by atoms with Gasteiger partial charge < -0.3 is 14.8 Å². The van der Waals surface area contributed by atoms with Crippen molar-refractivity contribution in [1.29, 1.82) is 0 Å². The standard InChI is InChI=1S/C15H13NO3S/c1-2-9-19-11-5-3-10(4-6-11)12-7-8-16-14(20)13(12)15(17)18/h2-8H,1,9H2,(H,16,20)(H,17,18). The van der Waals surface area contributed by atoms with Crippen LogP contribution in [0, 0.1) is 4.64 Å². The third kappa shape index (κ3) is 2.95. The van der Waals surface area contributed by atoms with E-state index >= 15 is 0 Å². The molecule has 0 amide bonds. The first-order valence-electron chi connectivity index (χ1n) is 5.92. The van der Waals surface area contributed by atoms with Crippen LogP contribution < -0.4 is 4.74 Å². The van der Waals surface area contributed by atoms with E-state index in [-0.39, 0.29) is 10.2 Å². The van der Waals surface area contributed by atoms with Crippen LogP contribution >= 0.6 is 12.2 Å². The number of aromatic nitrogens is 1. The quantitative estimate of drug-likeness (QED) is 0.650. The predicted octanol–water partition coefficient (Wildman–Crippen LogP) is 3.67. The molecular weight excluding hydrogens is 274 g/mol. The van der Waals surface area contributed by atoms with Crippen molar-refractivity contribution in [2.75, 3.05) is 6.61 Å². The fourth-order valence-electron chi connectivity index (χ4n) is 1.82. The van der Waals surface area contributed by atoms with Crippen molar-refractivity contribution >= 4 is 18.2 Å². The molecule has 0 bridgehead atoms. The van der Waals surface area contributed by atoms with Crippen molar-refractivity contribution < 1.29 is 14.6 Å². The Morgan fingerprint density at radius 2 is 2.05 bits per heavy atom. The molecule has 0 aliphatic rings. The van der Waals surface area contributed by atoms with Gasteiger partial charge in [0.1, 0.15) is 22.6 Å². The largest absolute Gasteiger partial charge is 0.490 e. The van der Waals surface area contributed by atoms with Crippen LogP contribution in [0.1, 0.15) is 10.4 Å². The van der Waals surface area contributed by atoms with Gasteiger partial charge in [-0.3, -0.25) is 0 Å². The van der Waals surface area contributed by atoms with Crippen molar-refractivity contribution in [1.82, 2.24) is 4.98 Å². The number of carboxylic acids is 1. The molecule has 2 rings (SSSR count). The zero-order chi connectivity index (χ0) is 14.5. The fraction of sp³-hybridized carbons (Fsp3) is 0.0667. The zero-order valence-corrected chi connectivity index (χ0v) is 11.4. The predicted molar refractivity (Wildman–Crippen MR) is 79.7 cm³/mol. The summed E-state index contributed by atoms with van der Waals surface area (Å²) in [6, 6.07) is 8.86. The second-order valence-corrected chi connectivity index (χ2v) is 4.43. The molecule has 0 aliphatic carbocycles. The molecule has 2 aromatic rings. The summed E-state index contributed by atoms with van der Waals surface area (Å²) >= 11 is 5.03. The molecule has 0 radical (unpaired) electrons. The minimum atomic E-state index is -1.05. The van der Waals surface area contributed by atoms with Gasteiger partial charge in [0.2, 0.25) is 0 Å². The van der Waals surface area contributed by atoms with E-state index in [1.54, 1.807) is 42.6 Å². The molecule has 0 saturated heterocycles. The molecule has 4 nitrogen and oxygen atoms in total. The molecule has 1 heterocycles. The molecule has 0 saturated carbocycles. The normalized spacial score (nSPS) is 10.0. The summed E-state index contributed by atoms with van der Waals surface area (Å²) in [5.41, 5.74) is 1.45. The first-order chi connectivity index (χ1) is 9.63. The Morgan fingerprint density at radius 1 is 1.35 bits per heavy atom. The van der Waals surface area contributed by atoms with Crippen molar-refractivity contribution in [3.63, 3.8) is 0 Å². The van der Waals surface area contributed by atoms with Crippen molar-refractivity contribution in [2.45, 2.75) is 0 Å². The molecule has 102 valence electrons. The van der Waals surface area contributed by atoms with Crippen LogP contribution in [0.5, 0.6) is 5.75 Å². The van der Waals surface area contributed by atoms with Crippen molar-refractivity contribution in [2.24, 2.45) is 0 Å². The number of pyridine rings is 1. The minimum Gasteiger partial charge on any atom is -0.490 e. The van der Waals surface area contributed by atoms with Crippen LogP contribution in [0.2, 0.25) is 0 Å². The lowest BCUT2D eigenvalue weighted by Gasteiger charge is -2.08. The lowest BCUT2D eigenvalue weighted by atomic mass is 10.0. The van der Waals surface area contributed by atoms with Gasteiger partial charge in [-0.05, 0) is 23.8 Å². The fourth-order valence-corrected chi connectivity index (χ4v) is 2.08. The number of ether oxygens (including phenoxy) is 1. The number of carboxylic acid groups (broad SMARTS) is 1. The highest BCUT2D eigenvalue weighted by molar-refractivity contribution is 7.71. The average Bonchev–Trinajstić information content (AvgIpc) is 2.45. The van der Waals surface area contributed by atoms with Crippen molar-refractivity contribution in [3.05, 3.63) is 59.4 Å². The van der Waals surface area contributed by atoms with Gasteiger partial charge in [0.25, 0.3) is 0 Å². The van der Waals surface area contributed by atoms with Crippen LogP contribution in [0.3, 0.4) is 0 Å².